The van der Waals surface area contributed by atoms with Crippen LogP contribution in [0, 0.1) is 6.92 Å². The number of nitrogens with one attached hydrogen (secondary N) is 1. The number of likely N-dealkylation sites (tertiary alicyclic amines) is 1. The largest absolute Gasteiger partial charge is 0.496 e. The van der Waals surface area contributed by atoms with Crippen LogP contribution in [0.2, 0.25) is 0 Å². The Morgan fingerprint density at radius 2 is 1.94 bits per heavy atom. The van der Waals surface area contributed by atoms with Crippen LogP contribution in [0.3, 0.4) is 0 Å². The summed E-state index contributed by atoms with van der Waals surface area (Å²) in [5, 5.41) is 13.1. The van der Waals surface area contributed by atoms with Crippen molar-refractivity contribution in [3.05, 3.63) is 59.1 Å². The predicted octanol–water partition coefficient (Wildman–Crippen LogP) is 6.10. The molecule has 0 amide bonds. The van der Waals surface area contributed by atoms with Crippen LogP contribution in [0.25, 0.3) is 21.0 Å². The van der Waals surface area contributed by atoms with Gasteiger partial charge in [-0.05, 0) is 82.5 Å². The van der Waals surface area contributed by atoms with E-state index in [0.29, 0.717) is 12.5 Å². The number of hydrogen-bond acceptors (Lipinski definition) is 5. The summed E-state index contributed by atoms with van der Waals surface area (Å²) in [5.74, 6) is 2.29. The van der Waals surface area contributed by atoms with Gasteiger partial charge in [0.1, 0.15) is 24.2 Å². The molecule has 2 N–H and O–H groups in total. The lowest BCUT2D eigenvalue weighted by Crippen LogP contribution is -2.52. The van der Waals surface area contributed by atoms with Crippen LogP contribution in [0.4, 0.5) is 0 Å². The van der Waals surface area contributed by atoms with Gasteiger partial charge < -0.3 is 19.6 Å². The standard InChI is InChI=1S/C28H34N2O3S/c1-18-13-21-23(29-18)7-5-9-25(21)33-17-20(31)16-30-12-11-19(15-28(30,2)3)27-14-22-24(32-4)8-6-10-26(22)34-27/h5-10,13-14,19-20,29,31H,11-12,15-17H2,1-4H3/t19?,20-/m0/s1. The van der Waals surface area contributed by atoms with Gasteiger partial charge in [0.2, 0.25) is 0 Å². The van der Waals surface area contributed by atoms with Crippen LogP contribution < -0.4 is 9.47 Å². The number of aromatic amines is 1. The van der Waals surface area contributed by atoms with Crippen LogP contribution in [0.1, 0.15) is 43.2 Å². The number of rotatable bonds is 7. The Morgan fingerprint density at radius 3 is 2.74 bits per heavy atom. The lowest BCUT2D eigenvalue weighted by Gasteiger charge is -2.46. The van der Waals surface area contributed by atoms with Gasteiger partial charge in [-0.1, -0.05) is 12.1 Å². The number of methoxy groups -OCH3 is 1. The van der Waals surface area contributed by atoms with Gasteiger partial charge in [-0.15, -0.1) is 11.3 Å². The highest BCUT2D eigenvalue weighted by atomic mass is 32.1. The number of hydrogen-bond donors (Lipinski definition) is 2. The van der Waals surface area contributed by atoms with E-state index in [2.05, 4.69) is 48.0 Å². The number of nitrogens with zero attached hydrogens (tertiary/aromatic N) is 1. The summed E-state index contributed by atoms with van der Waals surface area (Å²) in [6.07, 6.45) is 1.62. The first-order valence-electron chi connectivity index (χ1n) is 12.0. The second-order valence-corrected chi connectivity index (χ2v) is 11.2. The van der Waals surface area contributed by atoms with Crippen molar-refractivity contribution in [1.29, 1.82) is 0 Å². The highest BCUT2D eigenvalue weighted by molar-refractivity contribution is 7.19. The Morgan fingerprint density at radius 1 is 1.15 bits per heavy atom. The zero-order valence-corrected chi connectivity index (χ0v) is 21.2. The van der Waals surface area contributed by atoms with Gasteiger partial charge in [-0.3, -0.25) is 4.90 Å². The third-order valence-corrected chi connectivity index (χ3v) is 8.40. The fourth-order valence-corrected chi connectivity index (χ4v) is 6.56. The number of thiophene rings is 1. The van der Waals surface area contributed by atoms with Gasteiger partial charge in [-0.25, -0.2) is 0 Å². The smallest absolute Gasteiger partial charge is 0.128 e. The zero-order valence-electron chi connectivity index (χ0n) is 20.4. The summed E-state index contributed by atoms with van der Waals surface area (Å²) < 4.78 is 12.9. The van der Waals surface area contributed by atoms with Gasteiger partial charge >= 0.3 is 0 Å². The van der Waals surface area contributed by atoms with Crippen LogP contribution in [-0.4, -0.2) is 53.4 Å². The van der Waals surface area contributed by atoms with E-state index in [1.54, 1.807) is 7.11 Å². The molecule has 1 saturated heterocycles. The van der Waals surface area contributed by atoms with Crippen LogP contribution >= 0.6 is 11.3 Å². The summed E-state index contributed by atoms with van der Waals surface area (Å²) in [7, 11) is 1.74. The molecule has 0 radical (unpaired) electrons. The number of fused-ring (bicyclic) bond motifs is 2. The molecule has 1 unspecified atom stereocenters. The molecule has 0 bridgehead atoms. The van der Waals surface area contributed by atoms with E-state index in [-0.39, 0.29) is 12.1 Å². The van der Waals surface area contributed by atoms with E-state index < -0.39 is 6.10 Å². The monoisotopic (exact) mass is 478 g/mol. The molecular weight excluding hydrogens is 444 g/mol. The number of piperidine rings is 1. The maximum absolute atomic E-state index is 10.8. The van der Waals surface area contributed by atoms with Gasteiger partial charge in [-0.2, -0.15) is 0 Å². The first-order valence-corrected chi connectivity index (χ1v) is 12.9. The molecule has 0 spiro atoms. The van der Waals surface area contributed by atoms with E-state index in [4.69, 9.17) is 9.47 Å². The molecule has 2 atom stereocenters. The summed E-state index contributed by atoms with van der Waals surface area (Å²) >= 11 is 1.89. The number of ether oxygens (including phenoxy) is 2. The Bertz CT molecular complexity index is 1290. The van der Waals surface area contributed by atoms with Crippen molar-refractivity contribution in [1.82, 2.24) is 9.88 Å². The van der Waals surface area contributed by atoms with Crippen molar-refractivity contribution in [2.45, 2.75) is 51.2 Å². The minimum Gasteiger partial charge on any atom is -0.496 e. The number of aryl methyl sites for hydroxylation is 1. The van der Waals surface area contributed by atoms with Crippen molar-refractivity contribution < 1.29 is 14.6 Å². The van der Waals surface area contributed by atoms with Gasteiger partial charge in [0.25, 0.3) is 0 Å². The molecule has 34 heavy (non-hydrogen) atoms. The molecule has 0 saturated carbocycles. The Labute approximate surface area is 205 Å². The average molecular weight is 479 g/mol. The molecule has 1 fully saturated rings. The van der Waals surface area contributed by atoms with Crippen LogP contribution in [0.15, 0.2) is 48.5 Å². The number of aliphatic hydroxyl groups excluding tert-OH is 1. The van der Waals surface area contributed by atoms with E-state index >= 15 is 0 Å². The molecule has 4 aromatic rings. The first-order chi connectivity index (χ1) is 16.3. The molecule has 1 aliphatic rings. The fraction of sp³-hybridized carbons (Fsp3) is 0.429. The summed E-state index contributed by atoms with van der Waals surface area (Å²) in [4.78, 5) is 7.20. The molecule has 2 aromatic carbocycles. The summed E-state index contributed by atoms with van der Waals surface area (Å²) in [6.45, 7) is 8.50. The molecule has 180 valence electrons. The quantitative estimate of drug-likeness (QED) is 0.337. The maximum Gasteiger partial charge on any atom is 0.128 e. The minimum atomic E-state index is -0.542. The SMILES string of the molecule is COc1cccc2sc(C3CCN(C[C@H](O)COc4cccc5[nH]c(C)cc45)C(C)(C)C3)cc12. The van der Waals surface area contributed by atoms with Crippen molar-refractivity contribution >= 4 is 32.3 Å². The van der Waals surface area contributed by atoms with Crippen LogP contribution in [0.5, 0.6) is 11.5 Å². The van der Waals surface area contributed by atoms with E-state index in [1.807, 2.05) is 42.5 Å². The lowest BCUT2D eigenvalue weighted by atomic mass is 9.81. The minimum absolute atomic E-state index is 0.00191. The van der Waals surface area contributed by atoms with Crippen LogP contribution in [-0.2, 0) is 0 Å². The molecule has 2 aromatic heterocycles. The Kier molecular flexibility index (Phi) is 6.32. The summed E-state index contributed by atoms with van der Waals surface area (Å²) in [5.41, 5.74) is 2.17. The normalized spacial score (nSPS) is 19.5. The molecule has 5 nitrogen and oxygen atoms in total. The fourth-order valence-electron chi connectivity index (χ4n) is 5.35. The molecule has 6 heteroatoms. The number of aliphatic hydroxyl groups is 1. The van der Waals surface area contributed by atoms with Crippen molar-refractivity contribution in [2.75, 3.05) is 26.8 Å². The highest BCUT2D eigenvalue weighted by Gasteiger charge is 2.36. The maximum atomic E-state index is 10.8. The Hall–Kier alpha value is -2.54. The van der Waals surface area contributed by atoms with E-state index in [9.17, 15) is 5.11 Å². The molecular formula is C28H34N2O3S. The number of aromatic nitrogens is 1. The number of H-pyrrole nitrogens is 1. The van der Waals surface area contributed by atoms with Gasteiger partial charge in [0.05, 0.1) is 7.11 Å². The zero-order chi connectivity index (χ0) is 23.9. The Balaban J connectivity index is 1.22. The molecule has 5 rings (SSSR count). The second-order valence-electron chi connectivity index (χ2n) is 10.1. The predicted molar refractivity (Wildman–Crippen MR) is 141 cm³/mol. The molecule has 0 aliphatic carbocycles. The van der Waals surface area contributed by atoms with Crippen molar-refractivity contribution in [3.8, 4) is 11.5 Å². The number of benzene rings is 2. The average Bonchev–Trinajstić information content (AvgIpc) is 3.41. The van der Waals surface area contributed by atoms with Crippen molar-refractivity contribution in [2.24, 2.45) is 0 Å². The first kappa shape index (κ1) is 23.2. The highest BCUT2D eigenvalue weighted by Crippen LogP contribution is 2.43. The third-order valence-electron chi connectivity index (χ3n) is 7.13. The third kappa shape index (κ3) is 4.54. The van der Waals surface area contributed by atoms with Gasteiger partial charge in [0, 0.05) is 43.6 Å². The lowest BCUT2D eigenvalue weighted by molar-refractivity contribution is 0.00396. The van der Waals surface area contributed by atoms with Crippen molar-refractivity contribution in [3.63, 3.8) is 0 Å². The second kappa shape index (κ2) is 9.25. The van der Waals surface area contributed by atoms with E-state index in [0.717, 1.165) is 47.5 Å². The molecule has 3 heterocycles. The van der Waals surface area contributed by atoms with Gasteiger partial charge in [0.15, 0.2) is 0 Å². The van der Waals surface area contributed by atoms with E-state index in [1.165, 1.54) is 15.0 Å². The topological polar surface area (TPSA) is 57.7 Å². The number of β-amino-alcohol motifs (C(OH)–C–C–N with tert-alkyl or cyclic N) is 1. The molecule has 1 aliphatic heterocycles. The summed E-state index contributed by atoms with van der Waals surface area (Å²) in [6, 6.07) is 16.7.